The summed E-state index contributed by atoms with van der Waals surface area (Å²) in [6.07, 6.45) is -4.52. The second-order valence-corrected chi connectivity index (χ2v) is 4.31. The Morgan fingerprint density at radius 2 is 1.94 bits per heavy atom. The molecule has 0 N–H and O–H groups in total. The van der Waals surface area contributed by atoms with Gasteiger partial charge in [-0.1, -0.05) is 23.8 Å². The van der Waals surface area contributed by atoms with Gasteiger partial charge in [-0.15, -0.1) is 0 Å². The van der Waals surface area contributed by atoms with Gasteiger partial charge in [-0.2, -0.15) is 13.2 Å². The van der Waals surface area contributed by atoms with E-state index in [1.165, 1.54) is 12.1 Å². The fourth-order valence-electron chi connectivity index (χ4n) is 2.27. The summed E-state index contributed by atoms with van der Waals surface area (Å²) in [7, 11) is 0. The molecule has 1 aliphatic rings. The number of hydrogen-bond donors (Lipinski definition) is 0. The highest BCUT2D eigenvalue weighted by molar-refractivity contribution is 5.38. The standard InChI is InChI=1S/C12H12F4/c1-8-4-5-10-9(7-8)3-2-6-11(10,13)12(14,15)16/h4-5,7H,2-3,6H2,1H3. The van der Waals surface area contributed by atoms with Crippen LogP contribution in [-0.2, 0) is 12.1 Å². The Hall–Kier alpha value is -1.06. The normalized spacial score (nSPS) is 25.3. The highest BCUT2D eigenvalue weighted by Gasteiger charge is 2.58. The van der Waals surface area contributed by atoms with Crippen molar-refractivity contribution in [3.63, 3.8) is 0 Å². The maximum Gasteiger partial charge on any atom is 0.426 e. The molecule has 1 aromatic rings. The van der Waals surface area contributed by atoms with E-state index in [0.29, 0.717) is 12.0 Å². The van der Waals surface area contributed by atoms with Crippen molar-refractivity contribution in [3.05, 3.63) is 34.9 Å². The predicted molar refractivity (Wildman–Crippen MR) is 53.0 cm³/mol. The van der Waals surface area contributed by atoms with Crippen molar-refractivity contribution in [2.24, 2.45) is 0 Å². The first kappa shape index (κ1) is 11.4. The van der Waals surface area contributed by atoms with Crippen LogP contribution >= 0.6 is 0 Å². The van der Waals surface area contributed by atoms with Crippen LogP contribution in [0.25, 0.3) is 0 Å². The number of alkyl halides is 4. The van der Waals surface area contributed by atoms with Gasteiger partial charge in [0.15, 0.2) is 0 Å². The van der Waals surface area contributed by atoms with E-state index in [2.05, 4.69) is 0 Å². The van der Waals surface area contributed by atoms with Crippen LogP contribution in [-0.4, -0.2) is 6.18 Å². The monoisotopic (exact) mass is 232 g/mol. The number of halogens is 4. The van der Waals surface area contributed by atoms with Gasteiger partial charge in [0.25, 0.3) is 0 Å². The van der Waals surface area contributed by atoms with E-state index >= 15 is 0 Å². The van der Waals surface area contributed by atoms with E-state index < -0.39 is 18.3 Å². The lowest BCUT2D eigenvalue weighted by Gasteiger charge is -2.33. The fourth-order valence-corrected chi connectivity index (χ4v) is 2.27. The SMILES string of the molecule is Cc1ccc2c(c1)CCCC2(F)C(F)(F)F. The first-order chi connectivity index (χ1) is 7.34. The molecule has 1 aliphatic carbocycles. The molecule has 0 nitrogen and oxygen atoms in total. The van der Waals surface area contributed by atoms with E-state index in [4.69, 9.17) is 0 Å². The minimum Gasteiger partial charge on any atom is -0.229 e. The van der Waals surface area contributed by atoms with E-state index in [0.717, 1.165) is 5.56 Å². The van der Waals surface area contributed by atoms with Gasteiger partial charge in [0.1, 0.15) is 0 Å². The molecule has 0 aliphatic heterocycles. The molecule has 0 amide bonds. The molecule has 88 valence electrons. The van der Waals surface area contributed by atoms with Gasteiger partial charge in [-0.25, -0.2) is 4.39 Å². The second-order valence-electron chi connectivity index (χ2n) is 4.31. The maximum absolute atomic E-state index is 14.1. The summed E-state index contributed by atoms with van der Waals surface area (Å²) in [6.45, 7) is 1.79. The van der Waals surface area contributed by atoms with E-state index in [9.17, 15) is 17.6 Å². The summed E-state index contributed by atoms with van der Waals surface area (Å²) >= 11 is 0. The van der Waals surface area contributed by atoms with E-state index in [1.54, 1.807) is 13.0 Å². The summed E-state index contributed by atoms with van der Waals surface area (Å²) in [6, 6.07) is 4.45. The predicted octanol–water partition coefficient (Wildman–Crippen LogP) is 4.06. The Kier molecular flexibility index (Phi) is 2.48. The minimum atomic E-state index is -4.82. The van der Waals surface area contributed by atoms with Crippen molar-refractivity contribution in [1.82, 2.24) is 0 Å². The van der Waals surface area contributed by atoms with Crippen molar-refractivity contribution in [2.45, 2.75) is 38.0 Å². The molecular formula is C12H12F4. The maximum atomic E-state index is 14.1. The quantitative estimate of drug-likeness (QED) is 0.592. The first-order valence-corrected chi connectivity index (χ1v) is 5.20. The summed E-state index contributed by atoms with van der Waals surface area (Å²) in [5, 5.41) is 0. The van der Waals surface area contributed by atoms with Gasteiger partial charge in [0, 0.05) is 5.56 Å². The Bertz CT molecular complexity index is 408. The van der Waals surface area contributed by atoms with Crippen LogP contribution in [0.3, 0.4) is 0 Å². The molecule has 0 radical (unpaired) electrons. The van der Waals surface area contributed by atoms with E-state index in [-0.39, 0.29) is 12.0 Å². The summed E-state index contributed by atoms with van der Waals surface area (Å²) < 4.78 is 52.3. The average molecular weight is 232 g/mol. The molecule has 0 heterocycles. The Labute approximate surface area is 91.3 Å². The van der Waals surface area contributed by atoms with Crippen LogP contribution in [0.1, 0.15) is 29.5 Å². The minimum absolute atomic E-state index is 0.197. The molecule has 16 heavy (non-hydrogen) atoms. The topological polar surface area (TPSA) is 0 Å². The van der Waals surface area contributed by atoms with Crippen molar-refractivity contribution >= 4 is 0 Å². The lowest BCUT2D eigenvalue weighted by molar-refractivity contribution is -0.240. The van der Waals surface area contributed by atoms with Gasteiger partial charge < -0.3 is 0 Å². The smallest absolute Gasteiger partial charge is 0.229 e. The number of hydrogen-bond acceptors (Lipinski definition) is 0. The summed E-state index contributed by atoms with van der Waals surface area (Å²) in [5.41, 5.74) is -2.00. The van der Waals surface area contributed by atoms with Crippen LogP contribution in [0.15, 0.2) is 18.2 Å². The zero-order chi connectivity index (χ0) is 12.0. The number of benzene rings is 1. The third-order valence-corrected chi connectivity index (χ3v) is 3.10. The van der Waals surface area contributed by atoms with Crippen LogP contribution in [0.4, 0.5) is 17.6 Å². The van der Waals surface area contributed by atoms with Gasteiger partial charge >= 0.3 is 6.18 Å². The highest BCUT2D eigenvalue weighted by Crippen LogP contribution is 2.49. The summed E-state index contributed by atoms with van der Waals surface area (Å²) in [4.78, 5) is 0. The molecule has 1 atom stereocenters. The van der Waals surface area contributed by atoms with Crippen molar-refractivity contribution in [3.8, 4) is 0 Å². The van der Waals surface area contributed by atoms with Crippen molar-refractivity contribution in [2.75, 3.05) is 0 Å². The first-order valence-electron chi connectivity index (χ1n) is 5.20. The van der Waals surface area contributed by atoms with Crippen molar-refractivity contribution in [1.29, 1.82) is 0 Å². The molecule has 0 spiro atoms. The number of aryl methyl sites for hydroxylation is 2. The third-order valence-electron chi connectivity index (χ3n) is 3.10. The molecule has 0 bridgehead atoms. The molecule has 2 rings (SSSR count). The molecular weight excluding hydrogens is 220 g/mol. The molecule has 0 fully saturated rings. The summed E-state index contributed by atoms with van der Waals surface area (Å²) in [5.74, 6) is 0. The largest absolute Gasteiger partial charge is 0.426 e. The second kappa shape index (κ2) is 3.47. The van der Waals surface area contributed by atoms with Gasteiger partial charge in [0.2, 0.25) is 5.67 Å². The molecule has 1 unspecified atom stereocenters. The molecule has 4 heteroatoms. The zero-order valence-electron chi connectivity index (χ0n) is 8.87. The highest BCUT2D eigenvalue weighted by atomic mass is 19.4. The van der Waals surface area contributed by atoms with Crippen LogP contribution in [0, 0.1) is 6.92 Å². The molecule has 0 saturated carbocycles. The Balaban J connectivity index is 2.56. The average Bonchev–Trinajstić information content (AvgIpc) is 2.15. The zero-order valence-corrected chi connectivity index (χ0v) is 8.87. The van der Waals surface area contributed by atoms with Gasteiger partial charge in [-0.05, 0) is 31.7 Å². The number of rotatable bonds is 0. The molecule has 0 saturated heterocycles. The Morgan fingerprint density at radius 3 is 2.56 bits per heavy atom. The van der Waals surface area contributed by atoms with Crippen LogP contribution < -0.4 is 0 Å². The fraction of sp³-hybridized carbons (Fsp3) is 0.500. The van der Waals surface area contributed by atoms with Gasteiger partial charge in [-0.3, -0.25) is 0 Å². The third kappa shape index (κ3) is 1.60. The number of fused-ring (bicyclic) bond motifs is 1. The van der Waals surface area contributed by atoms with E-state index in [1.807, 2.05) is 0 Å². The van der Waals surface area contributed by atoms with Gasteiger partial charge in [0.05, 0.1) is 0 Å². The van der Waals surface area contributed by atoms with Crippen LogP contribution in [0.5, 0.6) is 0 Å². The van der Waals surface area contributed by atoms with Crippen LogP contribution in [0.2, 0.25) is 0 Å². The molecule has 0 aromatic heterocycles. The Morgan fingerprint density at radius 1 is 1.25 bits per heavy atom. The lowest BCUT2D eigenvalue weighted by atomic mass is 9.79. The lowest BCUT2D eigenvalue weighted by Crippen LogP contribution is -2.41. The molecule has 1 aromatic carbocycles. The van der Waals surface area contributed by atoms with Crippen molar-refractivity contribution < 1.29 is 17.6 Å².